The number of hydrogen-bond acceptors (Lipinski definition) is 4. The normalized spacial score (nSPS) is 20.7. The van der Waals surface area contributed by atoms with Crippen molar-refractivity contribution in [2.45, 2.75) is 64.3 Å². The van der Waals surface area contributed by atoms with Gasteiger partial charge in [0.15, 0.2) is 0 Å². The van der Waals surface area contributed by atoms with Gasteiger partial charge < -0.3 is 14.6 Å². The second-order valence-electron chi connectivity index (χ2n) is 10.1. The first kappa shape index (κ1) is 27.8. The van der Waals surface area contributed by atoms with E-state index in [0.29, 0.717) is 51.2 Å². The summed E-state index contributed by atoms with van der Waals surface area (Å²) in [5, 5.41) is 2.67. The van der Waals surface area contributed by atoms with Crippen LogP contribution in [0.25, 0.3) is 11.3 Å². The van der Waals surface area contributed by atoms with E-state index in [2.05, 4.69) is 10.2 Å². The Morgan fingerprint density at radius 1 is 1.14 bits per heavy atom. The SMILES string of the molecule is CCN1C(=O)C(CC(C)C)NC(=O)C12CCN(Cc1ccc(-c3c(Cl)cc(C(F)(F)F)cc3Cl)o1)CC2. The highest BCUT2D eigenvalue weighted by Crippen LogP contribution is 2.41. The lowest BCUT2D eigenvalue weighted by atomic mass is 9.81. The third-order valence-electron chi connectivity index (χ3n) is 7.17. The summed E-state index contributed by atoms with van der Waals surface area (Å²) in [5.74, 6) is 1.04. The minimum Gasteiger partial charge on any atom is -0.460 e. The van der Waals surface area contributed by atoms with Crippen molar-refractivity contribution in [2.24, 2.45) is 5.92 Å². The fraction of sp³-hybridized carbons (Fsp3) is 0.538. The van der Waals surface area contributed by atoms with Gasteiger partial charge in [-0.1, -0.05) is 37.0 Å². The molecule has 1 N–H and O–H groups in total. The van der Waals surface area contributed by atoms with Crippen LogP contribution < -0.4 is 5.32 Å². The van der Waals surface area contributed by atoms with E-state index in [1.807, 2.05) is 20.8 Å². The predicted octanol–water partition coefficient (Wildman–Crippen LogP) is 6.00. The van der Waals surface area contributed by atoms with E-state index in [-0.39, 0.29) is 39.1 Å². The molecule has 1 aromatic carbocycles. The zero-order valence-electron chi connectivity index (χ0n) is 20.9. The number of furan rings is 1. The molecule has 0 saturated carbocycles. The Labute approximate surface area is 224 Å². The molecular formula is C26H30Cl2F3N3O3. The van der Waals surface area contributed by atoms with Crippen molar-refractivity contribution in [1.29, 1.82) is 0 Å². The van der Waals surface area contributed by atoms with E-state index in [9.17, 15) is 22.8 Å². The highest BCUT2D eigenvalue weighted by molar-refractivity contribution is 6.39. The van der Waals surface area contributed by atoms with E-state index in [1.54, 1.807) is 17.0 Å². The second-order valence-corrected chi connectivity index (χ2v) is 10.9. The number of carbonyl (C=O) groups excluding carboxylic acids is 2. The predicted molar refractivity (Wildman–Crippen MR) is 135 cm³/mol. The number of amides is 2. The van der Waals surface area contributed by atoms with E-state index < -0.39 is 23.3 Å². The van der Waals surface area contributed by atoms with Gasteiger partial charge in [0.25, 0.3) is 0 Å². The van der Waals surface area contributed by atoms with Gasteiger partial charge in [0.2, 0.25) is 11.8 Å². The van der Waals surface area contributed by atoms with Crippen LogP contribution in [-0.2, 0) is 22.3 Å². The van der Waals surface area contributed by atoms with Crippen molar-refractivity contribution in [1.82, 2.24) is 15.1 Å². The number of rotatable bonds is 6. The number of halogens is 5. The second kappa shape index (κ2) is 10.5. The largest absolute Gasteiger partial charge is 0.460 e. The van der Waals surface area contributed by atoms with Crippen molar-refractivity contribution in [3.8, 4) is 11.3 Å². The Balaban J connectivity index is 1.44. The Morgan fingerprint density at radius 2 is 1.76 bits per heavy atom. The maximum absolute atomic E-state index is 13.2. The first-order chi connectivity index (χ1) is 17.4. The van der Waals surface area contributed by atoms with Crippen molar-refractivity contribution in [3.63, 3.8) is 0 Å². The van der Waals surface area contributed by atoms with Crippen molar-refractivity contribution in [2.75, 3.05) is 19.6 Å². The molecule has 202 valence electrons. The Hall–Kier alpha value is -2.23. The summed E-state index contributed by atoms with van der Waals surface area (Å²) in [6, 6.07) is 4.53. The quantitative estimate of drug-likeness (QED) is 0.471. The van der Waals surface area contributed by atoms with Gasteiger partial charge in [0, 0.05) is 19.6 Å². The molecule has 1 unspecified atom stereocenters. The zero-order chi connectivity index (χ0) is 27.1. The van der Waals surface area contributed by atoms with Crippen molar-refractivity contribution >= 4 is 35.0 Å². The van der Waals surface area contributed by atoms with Gasteiger partial charge in [-0.05, 0) is 56.4 Å². The molecule has 0 radical (unpaired) electrons. The molecule has 2 saturated heterocycles. The van der Waals surface area contributed by atoms with Crippen LogP contribution >= 0.6 is 23.2 Å². The summed E-state index contributed by atoms with van der Waals surface area (Å²) >= 11 is 12.2. The topological polar surface area (TPSA) is 65.8 Å². The molecule has 6 nitrogen and oxygen atoms in total. The van der Waals surface area contributed by atoms with Gasteiger partial charge in [0.05, 0.1) is 27.7 Å². The van der Waals surface area contributed by atoms with Gasteiger partial charge >= 0.3 is 6.18 Å². The highest BCUT2D eigenvalue weighted by atomic mass is 35.5. The van der Waals surface area contributed by atoms with Crippen LogP contribution in [-0.4, -0.2) is 52.8 Å². The maximum atomic E-state index is 13.2. The number of carbonyl (C=O) groups is 2. The van der Waals surface area contributed by atoms with Gasteiger partial charge in [0.1, 0.15) is 23.1 Å². The molecule has 3 heterocycles. The summed E-state index contributed by atoms with van der Waals surface area (Å²) in [7, 11) is 0. The number of hydrogen-bond donors (Lipinski definition) is 1. The molecule has 0 bridgehead atoms. The summed E-state index contributed by atoms with van der Waals surface area (Å²) in [4.78, 5) is 30.2. The van der Waals surface area contributed by atoms with Crippen LogP contribution in [0.1, 0.15) is 51.4 Å². The zero-order valence-corrected chi connectivity index (χ0v) is 22.4. The van der Waals surface area contributed by atoms with Crippen LogP contribution in [0, 0.1) is 5.92 Å². The molecule has 37 heavy (non-hydrogen) atoms. The Bertz CT molecular complexity index is 1150. The number of piperazine rings is 1. The lowest BCUT2D eigenvalue weighted by molar-refractivity contribution is -0.161. The molecule has 2 amide bonds. The Kier molecular flexibility index (Phi) is 7.89. The van der Waals surface area contributed by atoms with E-state index >= 15 is 0 Å². The average Bonchev–Trinajstić information content (AvgIpc) is 3.25. The summed E-state index contributed by atoms with van der Waals surface area (Å²) < 4.78 is 45.0. The smallest absolute Gasteiger partial charge is 0.416 e. The number of likely N-dealkylation sites (tertiary alicyclic amines) is 1. The van der Waals surface area contributed by atoms with Gasteiger partial charge in [-0.2, -0.15) is 13.2 Å². The van der Waals surface area contributed by atoms with E-state index in [0.717, 1.165) is 12.1 Å². The van der Waals surface area contributed by atoms with Crippen LogP contribution in [0.2, 0.25) is 10.0 Å². The van der Waals surface area contributed by atoms with Crippen molar-refractivity contribution < 1.29 is 27.2 Å². The third-order valence-corrected chi connectivity index (χ3v) is 7.77. The molecule has 1 aromatic heterocycles. The number of alkyl halides is 3. The first-order valence-electron chi connectivity index (χ1n) is 12.4. The fourth-order valence-electron chi connectivity index (χ4n) is 5.33. The lowest BCUT2D eigenvalue weighted by Gasteiger charge is -2.51. The lowest BCUT2D eigenvalue weighted by Crippen LogP contribution is -2.72. The van der Waals surface area contributed by atoms with E-state index in [4.69, 9.17) is 27.6 Å². The molecule has 1 spiro atoms. The molecule has 4 rings (SSSR count). The third kappa shape index (κ3) is 5.49. The molecule has 2 aromatic rings. The monoisotopic (exact) mass is 559 g/mol. The van der Waals surface area contributed by atoms with Gasteiger partial charge in [-0.3, -0.25) is 14.5 Å². The number of piperidine rings is 1. The number of benzene rings is 1. The molecule has 11 heteroatoms. The molecule has 2 aliphatic rings. The summed E-state index contributed by atoms with van der Waals surface area (Å²) in [5.41, 5.74) is -1.58. The molecule has 2 fully saturated rings. The van der Waals surface area contributed by atoms with E-state index in [1.165, 1.54) is 0 Å². The van der Waals surface area contributed by atoms with Crippen LogP contribution in [0.3, 0.4) is 0 Å². The van der Waals surface area contributed by atoms with Gasteiger partial charge in [-0.25, -0.2) is 0 Å². The minimum atomic E-state index is -4.56. The first-order valence-corrected chi connectivity index (χ1v) is 13.1. The van der Waals surface area contributed by atoms with Crippen LogP contribution in [0.5, 0.6) is 0 Å². The average molecular weight is 560 g/mol. The summed E-state index contributed by atoms with van der Waals surface area (Å²) in [6.07, 6.45) is -2.96. The highest BCUT2D eigenvalue weighted by Gasteiger charge is 2.53. The summed E-state index contributed by atoms with van der Waals surface area (Å²) in [6.45, 7) is 8.00. The van der Waals surface area contributed by atoms with Crippen molar-refractivity contribution in [3.05, 3.63) is 45.6 Å². The molecule has 0 aliphatic carbocycles. The number of nitrogens with zero attached hydrogens (tertiary/aromatic N) is 2. The maximum Gasteiger partial charge on any atom is 0.416 e. The molecule has 1 atom stereocenters. The molecular weight excluding hydrogens is 530 g/mol. The number of nitrogens with one attached hydrogen (secondary N) is 1. The number of likely N-dealkylation sites (N-methyl/N-ethyl adjacent to an activating group) is 1. The standard InChI is InChI=1S/C26H30Cl2F3N3O3/c1-4-34-23(35)20(11-15(2)3)32-24(36)25(34)7-9-33(10-8-25)14-17-5-6-21(37-17)22-18(27)12-16(13-19(22)28)26(29,30)31/h5-6,12-13,15,20H,4,7-11,14H2,1-3H3,(H,32,36). The van der Waals surface area contributed by atoms with Crippen LogP contribution in [0.15, 0.2) is 28.7 Å². The fourth-order valence-corrected chi connectivity index (χ4v) is 6.01. The molecule has 2 aliphatic heterocycles. The van der Waals surface area contributed by atoms with Gasteiger partial charge in [-0.15, -0.1) is 0 Å². The minimum absolute atomic E-state index is 0.0229. The Morgan fingerprint density at radius 3 is 2.30 bits per heavy atom. The van der Waals surface area contributed by atoms with Crippen LogP contribution in [0.4, 0.5) is 13.2 Å².